The molecule has 1 aromatic heterocycles. The van der Waals surface area contributed by atoms with Gasteiger partial charge in [-0.1, -0.05) is 0 Å². The van der Waals surface area contributed by atoms with Gasteiger partial charge in [0.15, 0.2) is 5.82 Å². The molecule has 2 rings (SSSR count). The zero-order valence-corrected chi connectivity index (χ0v) is 11.6. The summed E-state index contributed by atoms with van der Waals surface area (Å²) in [5.74, 6) is 2.75. The first-order chi connectivity index (χ1) is 9.26. The van der Waals surface area contributed by atoms with Crippen molar-refractivity contribution in [3.05, 3.63) is 11.9 Å². The molecule has 1 unspecified atom stereocenters. The third kappa shape index (κ3) is 3.54. The van der Waals surface area contributed by atoms with E-state index in [2.05, 4.69) is 20.2 Å². The van der Waals surface area contributed by atoms with Crippen LogP contribution in [0.2, 0.25) is 0 Å². The second-order valence-electron chi connectivity index (χ2n) is 4.70. The molecule has 1 aliphatic rings. The van der Waals surface area contributed by atoms with E-state index in [1.54, 1.807) is 0 Å². The number of rotatable bonds is 6. The Hall–Kier alpha value is -1.40. The molecule has 2 N–H and O–H groups in total. The van der Waals surface area contributed by atoms with Crippen molar-refractivity contribution < 1.29 is 9.84 Å². The van der Waals surface area contributed by atoms with Gasteiger partial charge in [0.1, 0.15) is 18.2 Å². The molecule has 0 spiro atoms. The maximum Gasteiger partial charge on any atom is 0.158 e. The highest BCUT2D eigenvalue weighted by atomic mass is 16.5. The Labute approximate surface area is 113 Å². The third-order valence-electron chi connectivity index (χ3n) is 3.32. The van der Waals surface area contributed by atoms with E-state index in [1.807, 2.05) is 20.0 Å². The summed E-state index contributed by atoms with van der Waals surface area (Å²) in [6, 6.07) is 1.94. The summed E-state index contributed by atoms with van der Waals surface area (Å²) in [5, 5.41) is 12.3. The number of aliphatic hydroxyl groups is 1. The summed E-state index contributed by atoms with van der Waals surface area (Å²) in [7, 11) is 1.84. The lowest BCUT2D eigenvalue weighted by molar-refractivity contribution is 0.128. The number of nitrogens with zero attached hydrogens (tertiary/aromatic N) is 3. The van der Waals surface area contributed by atoms with E-state index in [1.165, 1.54) is 0 Å². The van der Waals surface area contributed by atoms with Crippen LogP contribution in [0.15, 0.2) is 6.07 Å². The lowest BCUT2D eigenvalue weighted by atomic mass is 10.1. The van der Waals surface area contributed by atoms with Crippen LogP contribution in [0.3, 0.4) is 0 Å². The Morgan fingerprint density at radius 1 is 1.53 bits per heavy atom. The fourth-order valence-electron chi connectivity index (χ4n) is 2.22. The standard InChI is InChI=1S/C13H22N4O2/c1-3-19-9-12-15-11(14-2)6-13(16-12)17-5-4-10(7-17)8-18/h6,10,18H,3-5,7-9H2,1-2H3,(H,14,15,16). The maximum absolute atomic E-state index is 9.21. The number of anilines is 2. The number of ether oxygens (including phenoxy) is 1. The van der Waals surface area contributed by atoms with Crippen LogP contribution in [-0.2, 0) is 11.3 Å². The van der Waals surface area contributed by atoms with Gasteiger partial charge < -0.3 is 20.1 Å². The molecule has 1 atom stereocenters. The molecule has 0 radical (unpaired) electrons. The Morgan fingerprint density at radius 2 is 2.37 bits per heavy atom. The first-order valence-corrected chi connectivity index (χ1v) is 6.76. The minimum absolute atomic E-state index is 0.242. The predicted octanol–water partition coefficient (Wildman–Crippen LogP) is 0.873. The quantitative estimate of drug-likeness (QED) is 0.796. The van der Waals surface area contributed by atoms with Gasteiger partial charge in [-0.3, -0.25) is 0 Å². The van der Waals surface area contributed by atoms with E-state index < -0.39 is 0 Å². The van der Waals surface area contributed by atoms with Crippen LogP contribution in [0.5, 0.6) is 0 Å². The van der Waals surface area contributed by atoms with Crippen molar-refractivity contribution in [1.29, 1.82) is 0 Å². The zero-order chi connectivity index (χ0) is 13.7. The number of aromatic nitrogens is 2. The van der Waals surface area contributed by atoms with Crippen molar-refractivity contribution in [1.82, 2.24) is 9.97 Å². The molecule has 6 nitrogen and oxygen atoms in total. The summed E-state index contributed by atoms with van der Waals surface area (Å²) >= 11 is 0. The molecule has 1 saturated heterocycles. The van der Waals surface area contributed by atoms with Crippen molar-refractivity contribution in [3.8, 4) is 0 Å². The van der Waals surface area contributed by atoms with Crippen molar-refractivity contribution in [2.45, 2.75) is 20.0 Å². The van der Waals surface area contributed by atoms with Gasteiger partial charge >= 0.3 is 0 Å². The topological polar surface area (TPSA) is 70.5 Å². The summed E-state index contributed by atoms with van der Waals surface area (Å²) < 4.78 is 5.37. The SMILES string of the molecule is CCOCc1nc(NC)cc(N2CCC(CO)C2)n1. The van der Waals surface area contributed by atoms with E-state index in [4.69, 9.17) is 4.74 Å². The highest BCUT2D eigenvalue weighted by Crippen LogP contribution is 2.23. The molecule has 6 heteroatoms. The molecule has 0 aliphatic carbocycles. The Balaban J connectivity index is 2.14. The van der Waals surface area contributed by atoms with Gasteiger partial charge in [-0.05, 0) is 13.3 Å². The molecular formula is C13H22N4O2. The van der Waals surface area contributed by atoms with Crippen LogP contribution in [0.25, 0.3) is 0 Å². The van der Waals surface area contributed by atoms with Gasteiger partial charge in [0.25, 0.3) is 0 Å². The van der Waals surface area contributed by atoms with Gasteiger partial charge in [0, 0.05) is 45.3 Å². The average Bonchev–Trinajstić information content (AvgIpc) is 2.93. The summed E-state index contributed by atoms with van der Waals surface area (Å²) in [6.45, 7) is 5.06. The largest absolute Gasteiger partial charge is 0.396 e. The van der Waals surface area contributed by atoms with Gasteiger partial charge in [-0.15, -0.1) is 0 Å². The molecule has 106 valence electrons. The summed E-state index contributed by atoms with van der Waals surface area (Å²) in [6.07, 6.45) is 1.01. The van der Waals surface area contributed by atoms with Crippen LogP contribution >= 0.6 is 0 Å². The predicted molar refractivity (Wildman–Crippen MR) is 74.3 cm³/mol. The first kappa shape index (κ1) is 14.0. The van der Waals surface area contributed by atoms with E-state index in [0.717, 1.165) is 31.1 Å². The van der Waals surface area contributed by atoms with Gasteiger partial charge in [-0.25, -0.2) is 9.97 Å². The minimum atomic E-state index is 0.242. The van der Waals surface area contributed by atoms with Gasteiger partial charge in [0.2, 0.25) is 0 Å². The molecule has 0 saturated carbocycles. The molecule has 0 amide bonds. The summed E-state index contributed by atoms with van der Waals surface area (Å²) in [5.41, 5.74) is 0. The molecular weight excluding hydrogens is 244 g/mol. The van der Waals surface area contributed by atoms with Crippen LogP contribution in [-0.4, -0.2) is 48.4 Å². The van der Waals surface area contributed by atoms with Crippen LogP contribution < -0.4 is 10.2 Å². The Kier molecular flexibility index (Phi) is 4.93. The van der Waals surface area contributed by atoms with E-state index in [-0.39, 0.29) is 6.61 Å². The molecule has 19 heavy (non-hydrogen) atoms. The number of hydrogen-bond donors (Lipinski definition) is 2. The molecule has 1 fully saturated rings. The summed E-state index contributed by atoms with van der Waals surface area (Å²) in [4.78, 5) is 11.1. The normalized spacial score (nSPS) is 18.9. The average molecular weight is 266 g/mol. The van der Waals surface area contributed by atoms with Gasteiger partial charge in [-0.2, -0.15) is 0 Å². The Morgan fingerprint density at radius 3 is 3.00 bits per heavy atom. The van der Waals surface area contributed by atoms with E-state index in [0.29, 0.717) is 25.0 Å². The first-order valence-electron chi connectivity index (χ1n) is 6.76. The highest BCUT2D eigenvalue weighted by molar-refractivity contribution is 5.49. The van der Waals surface area contributed by atoms with E-state index in [9.17, 15) is 5.11 Å². The molecule has 0 bridgehead atoms. The van der Waals surface area contributed by atoms with Crippen LogP contribution in [0.4, 0.5) is 11.6 Å². The van der Waals surface area contributed by atoms with Crippen LogP contribution in [0.1, 0.15) is 19.2 Å². The van der Waals surface area contributed by atoms with Crippen molar-refractivity contribution in [3.63, 3.8) is 0 Å². The molecule has 0 aromatic carbocycles. The van der Waals surface area contributed by atoms with E-state index >= 15 is 0 Å². The maximum atomic E-state index is 9.21. The van der Waals surface area contributed by atoms with Crippen molar-refractivity contribution in [2.24, 2.45) is 5.92 Å². The third-order valence-corrected chi connectivity index (χ3v) is 3.32. The second-order valence-corrected chi connectivity index (χ2v) is 4.70. The fourth-order valence-corrected chi connectivity index (χ4v) is 2.22. The monoisotopic (exact) mass is 266 g/mol. The molecule has 1 aromatic rings. The molecule has 1 aliphatic heterocycles. The number of aliphatic hydroxyl groups excluding tert-OH is 1. The Bertz CT molecular complexity index is 414. The highest BCUT2D eigenvalue weighted by Gasteiger charge is 2.23. The smallest absolute Gasteiger partial charge is 0.158 e. The lowest BCUT2D eigenvalue weighted by Gasteiger charge is -2.18. The van der Waals surface area contributed by atoms with Crippen LogP contribution in [0, 0.1) is 5.92 Å². The lowest BCUT2D eigenvalue weighted by Crippen LogP contribution is -2.22. The zero-order valence-electron chi connectivity index (χ0n) is 11.6. The molecule has 2 heterocycles. The van der Waals surface area contributed by atoms with Gasteiger partial charge in [0.05, 0.1) is 0 Å². The number of hydrogen-bond acceptors (Lipinski definition) is 6. The second kappa shape index (κ2) is 6.68. The fraction of sp³-hybridized carbons (Fsp3) is 0.692. The minimum Gasteiger partial charge on any atom is -0.396 e. The van der Waals surface area contributed by atoms with Crippen molar-refractivity contribution >= 4 is 11.6 Å². The number of nitrogens with one attached hydrogen (secondary N) is 1. The van der Waals surface area contributed by atoms with Crippen molar-refractivity contribution in [2.75, 3.05) is 43.6 Å².